The average molecular weight is 394 g/mol. The molecule has 1 atom stereocenters. The number of pyridine rings is 1. The van der Waals surface area contributed by atoms with Gasteiger partial charge in [-0.1, -0.05) is 30.3 Å². The number of rotatable bonds is 3. The van der Waals surface area contributed by atoms with Crippen LogP contribution >= 0.6 is 0 Å². The molecule has 0 amide bonds. The van der Waals surface area contributed by atoms with Crippen LogP contribution < -0.4 is 22.0 Å². The smallest absolute Gasteiger partial charge is 0.354 e. The largest absolute Gasteiger partial charge is 0.368 e. The van der Waals surface area contributed by atoms with Gasteiger partial charge in [0, 0.05) is 30.1 Å². The molecule has 7 heteroatoms. The van der Waals surface area contributed by atoms with Gasteiger partial charge in [-0.3, -0.25) is 9.20 Å². The fraction of sp³-hybridized carbons (Fsp3) is 0.364. The molecule has 1 aliphatic heterocycles. The van der Waals surface area contributed by atoms with E-state index in [0.717, 1.165) is 25.8 Å². The van der Waals surface area contributed by atoms with Crippen molar-refractivity contribution in [3.05, 3.63) is 79.9 Å². The average Bonchev–Trinajstić information content (AvgIpc) is 3.44. The molecule has 5 rings (SSSR count). The fourth-order valence-corrected chi connectivity index (χ4v) is 4.72. The number of halogens is 1. The Morgan fingerprint density at radius 3 is 2.48 bits per heavy atom. The van der Waals surface area contributed by atoms with Crippen molar-refractivity contribution in [3.63, 3.8) is 0 Å². The number of aryl methyl sites for hydroxylation is 1. The zero-order valence-corrected chi connectivity index (χ0v) is 16.3. The normalized spacial score (nSPS) is 19.2. The van der Waals surface area contributed by atoms with Crippen molar-refractivity contribution in [3.8, 4) is 0 Å². The summed E-state index contributed by atoms with van der Waals surface area (Å²) in [5, 5.41) is 0. The number of nitrogen functional groups attached to an aromatic ring is 1. The van der Waals surface area contributed by atoms with Crippen LogP contribution in [-0.2, 0) is 0 Å². The molecule has 0 spiro atoms. The summed E-state index contributed by atoms with van der Waals surface area (Å²) in [6.45, 7) is 3.23. The summed E-state index contributed by atoms with van der Waals surface area (Å²) in [6, 6.07) is 10.2. The number of hydrogen-bond acceptors (Lipinski definition) is 4. The van der Waals surface area contributed by atoms with E-state index in [1.165, 1.54) is 16.2 Å². The van der Waals surface area contributed by atoms with E-state index in [9.17, 15) is 9.59 Å². The van der Waals surface area contributed by atoms with Crippen molar-refractivity contribution in [1.29, 1.82) is 0 Å². The van der Waals surface area contributed by atoms with E-state index in [1.807, 2.05) is 23.1 Å². The maximum absolute atomic E-state index is 15.2. The highest BCUT2D eigenvalue weighted by Crippen LogP contribution is 2.42. The third-order valence-electron chi connectivity index (χ3n) is 6.30. The third kappa shape index (κ3) is 2.75. The Kier molecular flexibility index (Phi) is 4.01. The number of nitrogens with two attached hydrogens (primary N) is 1. The minimum Gasteiger partial charge on any atom is -0.368 e. The topological polar surface area (TPSA) is 72.7 Å². The molecule has 0 bridgehead atoms. The first-order valence-electron chi connectivity index (χ1n) is 10.0. The number of nitrogens with zero attached hydrogens (tertiary/aromatic N) is 3. The Bertz CT molecular complexity index is 1230. The highest BCUT2D eigenvalue weighted by molar-refractivity contribution is 5.72. The van der Waals surface area contributed by atoms with Crippen LogP contribution in [0.5, 0.6) is 0 Å². The van der Waals surface area contributed by atoms with Gasteiger partial charge < -0.3 is 10.7 Å². The molecule has 1 saturated carbocycles. The first-order chi connectivity index (χ1) is 14.0. The lowest BCUT2D eigenvalue weighted by Gasteiger charge is -2.24. The maximum atomic E-state index is 15.2. The predicted octanol–water partition coefficient (Wildman–Crippen LogP) is 2.49. The Morgan fingerprint density at radius 1 is 1.07 bits per heavy atom. The van der Waals surface area contributed by atoms with E-state index < -0.39 is 17.1 Å². The van der Waals surface area contributed by atoms with E-state index in [2.05, 4.69) is 12.1 Å². The second-order valence-electron chi connectivity index (χ2n) is 8.16. The molecular weight excluding hydrogens is 371 g/mol. The lowest BCUT2D eigenvalue weighted by Crippen LogP contribution is -2.44. The zero-order chi connectivity index (χ0) is 20.3. The summed E-state index contributed by atoms with van der Waals surface area (Å²) in [6.07, 6.45) is 3.88. The van der Waals surface area contributed by atoms with Gasteiger partial charge in [-0.25, -0.2) is 9.18 Å². The Morgan fingerprint density at radius 2 is 1.79 bits per heavy atom. The first kappa shape index (κ1) is 18.0. The third-order valence-corrected chi connectivity index (χ3v) is 6.30. The molecule has 2 aliphatic rings. The Hall–Kier alpha value is -3.09. The van der Waals surface area contributed by atoms with E-state index in [1.54, 1.807) is 6.92 Å². The number of benzene rings is 1. The van der Waals surface area contributed by atoms with E-state index in [4.69, 9.17) is 5.84 Å². The van der Waals surface area contributed by atoms with Crippen LogP contribution in [0.4, 0.5) is 10.1 Å². The van der Waals surface area contributed by atoms with Crippen molar-refractivity contribution in [2.75, 3.05) is 23.8 Å². The summed E-state index contributed by atoms with van der Waals surface area (Å²) in [4.78, 5) is 27.3. The number of fused-ring (bicyclic) bond motifs is 1. The monoisotopic (exact) mass is 394 g/mol. The van der Waals surface area contributed by atoms with Crippen LogP contribution in [0.3, 0.4) is 0 Å². The van der Waals surface area contributed by atoms with Crippen LogP contribution in [0.2, 0.25) is 0 Å². The van der Waals surface area contributed by atoms with Gasteiger partial charge in [0.05, 0.1) is 17.4 Å². The molecule has 3 aromatic rings. The fourth-order valence-electron chi connectivity index (χ4n) is 4.72. The second-order valence-corrected chi connectivity index (χ2v) is 8.16. The number of aromatic nitrogens is 2. The van der Waals surface area contributed by atoms with Crippen LogP contribution in [0, 0.1) is 12.7 Å². The highest BCUT2D eigenvalue weighted by atomic mass is 19.1. The molecular formula is C22H23FN4O2. The quantitative estimate of drug-likeness (QED) is 0.693. The lowest BCUT2D eigenvalue weighted by molar-refractivity contribution is 0.607. The number of hydrogen-bond donors (Lipinski definition) is 1. The zero-order valence-electron chi connectivity index (χ0n) is 16.3. The van der Waals surface area contributed by atoms with E-state index in [-0.39, 0.29) is 5.92 Å². The maximum Gasteiger partial charge on any atom is 0.354 e. The van der Waals surface area contributed by atoms with Gasteiger partial charge in [0.15, 0.2) is 5.82 Å². The molecule has 1 aliphatic carbocycles. The van der Waals surface area contributed by atoms with Crippen molar-refractivity contribution < 1.29 is 4.39 Å². The Balaban J connectivity index is 1.66. The Labute approximate surface area is 167 Å². The minimum absolute atomic E-state index is 0.0838. The summed E-state index contributed by atoms with van der Waals surface area (Å²) in [5.41, 5.74) is 2.23. The summed E-state index contributed by atoms with van der Waals surface area (Å²) in [5.74, 6) is 5.64. The van der Waals surface area contributed by atoms with Crippen LogP contribution in [-0.4, -0.2) is 22.2 Å². The van der Waals surface area contributed by atoms with Crippen LogP contribution in [0.1, 0.15) is 47.8 Å². The van der Waals surface area contributed by atoms with Crippen molar-refractivity contribution >= 4 is 11.2 Å². The van der Waals surface area contributed by atoms with Gasteiger partial charge in [0.2, 0.25) is 0 Å². The first-order valence-corrected chi connectivity index (χ1v) is 10.0. The highest BCUT2D eigenvalue weighted by Gasteiger charge is 2.33. The molecule has 29 heavy (non-hydrogen) atoms. The van der Waals surface area contributed by atoms with Crippen LogP contribution in [0.25, 0.3) is 5.52 Å². The molecule has 0 radical (unpaired) electrons. The molecule has 2 N–H and O–H groups in total. The molecule has 3 heterocycles. The van der Waals surface area contributed by atoms with Gasteiger partial charge in [-0.2, -0.15) is 4.68 Å². The standard InChI is InChI=1S/C22H23FN4O2/c1-13-19(25-10-9-16(11-25)14-5-3-2-4-6-14)17(23)12-26-20(13)18(15-7-8-15)21(28)27(24)22(26)29/h2-6,12,15-16H,7-11,24H2,1H3. The van der Waals surface area contributed by atoms with Crippen LogP contribution in [0.15, 0.2) is 46.1 Å². The van der Waals surface area contributed by atoms with Gasteiger partial charge in [0.1, 0.15) is 0 Å². The minimum atomic E-state index is -0.716. The molecule has 2 aromatic heterocycles. The lowest BCUT2D eigenvalue weighted by atomic mass is 9.99. The number of anilines is 1. The van der Waals surface area contributed by atoms with Crippen molar-refractivity contribution in [1.82, 2.24) is 9.08 Å². The molecule has 6 nitrogen and oxygen atoms in total. The summed E-state index contributed by atoms with van der Waals surface area (Å²) >= 11 is 0. The van der Waals surface area contributed by atoms with Gasteiger partial charge in [0.25, 0.3) is 5.56 Å². The predicted molar refractivity (Wildman–Crippen MR) is 111 cm³/mol. The second kappa shape index (κ2) is 6.47. The van der Waals surface area contributed by atoms with Crippen molar-refractivity contribution in [2.24, 2.45) is 0 Å². The van der Waals surface area contributed by atoms with E-state index >= 15 is 4.39 Å². The van der Waals surface area contributed by atoms with Gasteiger partial charge in [-0.05, 0) is 37.7 Å². The summed E-state index contributed by atoms with van der Waals surface area (Å²) in [7, 11) is 0. The molecule has 2 fully saturated rings. The van der Waals surface area contributed by atoms with Gasteiger partial charge >= 0.3 is 5.69 Å². The van der Waals surface area contributed by atoms with Gasteiger partial charge in [-0.15, -0.1) is 0 Å². The van der Waals surface area contributed by atoms with E-state index in [0.29, 0.717) is 39.5 Å². The molecule has 1 aromatic carbocycles. The SMILES string of the molecule is Cc1c(N2CCC(c3ccccc3)C2)c(F)cn2c(=O)n(N)c(=O)c(C3CC3)c12. The van der Waals surface area contributed by atoms with Crippen molar-refractivity contribution in [2.45, 2.75) is 38.0 Å². The molecule has 1 unspecified atom stereocenters. The summed E-state index contributed by atoms with van der Waals surface area (Å²) < 4.78 is 17.0. The molecule has 1 saturated heterocycles. The molecule has 150 valence electrons.